The Kier molecular flexibility index (Phi) is 3.15. The van der Waals surface area contributed by atoms with Gasteiger partial charge in [0.2, 0.25) is 0 Å². The molecule has 1 rings (SSSR count). The van der Waals surface area contributed by atoms with Gasteiger partial charge in [-0.15, -0.1) is 0 Å². The topological polar surface area (TPSA) is 40.5 Å². The lowest BCUT2D eigenvalue weighted by atomic mass is 9.91. The highest BCUT2D eigenvalue weighted by molar-refractivity contribution is 6.30. The van der Waals surface area contributed by atoms with Crippen LogP contribution in [0, 0.1) is 0 Å². The zero-order chi connectivity index (χ0) is 11.9. The lowest BCUT2D eigenvalue weighted by molar-refractivity contribution is 0.0718. The molecule has 3 heteroatoms. The summed E-state index contributed by atoms with van der Waals surface area (Å²) in [6.45, 7) is 6.75. The summed E-state index contributed by atoms with van der Waals surface area (Å²) >= 11 is 5.94. The zero-order valence-corrected chi connectivity index (χ0v) is 10.3. The molecule has 2 nitrogen and oxygen atoms in total. The van der Waals surface area contributed by atoms with Crippen LogP contribution in [0.1, 0.15) is 38.8 Å². The van der Waals surface area contributed by atoms with Crippen molar-refractivity contribution in [2.45, 2.75) is 38.9 Å². The number of rotatable bonds is 2. The molecule has 0 aliphatic rings. The van der Waals surface area contributed by atoms with E-state index >= 15 is 0 Å². The Morgan fingerprint density at radius 3 is 1.47 bits per heavy atom. The van der Waals surface area contributed by atoms with E-state index in [4.69, 9.17) is 11.6 Å². The molecular formula is C12H17ClO2. The fourth-order valence-corrected chi connectivity index (χ4v) is 1.53. The van der Waals surface area contributed by atoms with Crippen LogP contribution in [0.15, 0.2) is 18.2 Å². The maximum Gasteiger partial charge on any atom is 0.0841 e. The zero-order valence-electron chi connectivity index (χ0n) is 9.50. The molecule has 0 saturated heterocycles. The molecule has 15 heavy (non-hydrogen) atoms. The molecular weight excluding hydrogens is 212 g/mol. The minimum atomic E-state index is -0.953. The second-order valence-electron chi connectivity index (χ2n) is 4.85. The molecule has 0 spiro atoms. The van der Waals surface area contributed by atoms with Gasteiger partial charge in [0.25, 0.3) is 0 Å². The lowest BCUT2D eigenvalue weighted by Gasteiger charge is -2.23. The number of benzene rings is 1. The first-order valence-corrected chi connectivity index (χ1v) is 5.25. The van der Waals surface area contributed by atoms with E-state index in [2.05, 4.69) is 0 Å². The van der Waals surface area contributed by atoms with Gasteiger partial charge in [-0.05, 0) is 57.0 Å². The molecule has 1 aromatic carbocycles. The van der Waals surface area contributed by atoms with Gasteiger partial charge >= 0.3 is 0 Å². The highest BCUT2D eigenvalue weighted by atomic mass is 35.5. The molecule has 0 aromatic heterocycles. The van der Waals surface area contributed by atoms with Crippen molar-refractivity contribution in [2.75, 3.05) is 0 Å². The van der Waals surface area contributed by atoms with Gasteiger partial charge in [-0.1, -0.05) is 11.6 Å². The summed E-state index contributed by atoms with van der Waals surface area (Å²) in [6, 6.07) is 5.18. The molecule has 0 unspecified atom stereocenters. The number of aliphatic hydroxyl groups is 2. The molecule has 0 saturated carbocycles. The molecule has 0 heterocycles. The van der Waals surface area contributed by atoms with Crippen molar-refractivity contribution in [3.63, 3.8) is 0 Å². The maximum atomic E-state index is 9.86. The quantitative estimate of drug-likeness (QED) is 0.817. The Labute approximate surface area is 95.5 Å². The van der Waals surface area contributed by atoms with Crippen molar-refractivity contribution in [1.82, 2.24) is 0 Å². The van der Waals surface area contributed by atoms with E-state index in [0.717, 1.165) is 0 Å². The molecule has 1 aromatic rings. The molecule has 2 N–H and O–H groups in total. The summed E-state index contributed by atoms with van der Waals surface area (Å²) in [4.78, 5) is 0. The average molecular weight is 229 g/mol. The van der Waals surface area contributed by atoms with E-state index in [-0.39, 0.29) is 0 Å². The Morgan fingerprint density at radius 2 is 1.20 bits per heavy atom. The summed E-state index contributed by atoms with van der Waals surface area (Å²) < 4.78 is 0. The molecule has 0 atom stereocenters. The Hall–Kier alpha value is -0.570. The smallest absolute Gasteiger partial charge is 0.0841 e. The van der Waals surface area contributed by atoms with Crippen LogP contribution in [-0.4, -0.2) is 10.2 Å². The molecule has 0 radical (unpaired) electrons. The predicted octanol–water partition coefficient (Wildman–Crippen LogP) is 2.79. The number of halogens is 1. The molecule has 84 valence electrons. The lowest BCUT2D eigenvalue weighted by Crippen LogP contribution is -2.20. The average Bonchev–Trinajstić information content (AvgIpc) is 1.99. The van der Waals surface area contributed by atoms with Crippen molar-refractivity contribution < 1.29 is 10.2 Å². The predicted molar refractivity (Wildman–Crippen MR) is 61.9 cm³/mol. The fraction of sp³-hybridized carbons (Fsp3) is 0.500. The summed E-state index contributed by atoms with van der Waals surface area (Å²) in [6.07, 6.45) is 0. The monoisotopic (exact) mass is 228 g/mol. The van der Waals surface area contributed by atoms with Gasteiger partial charge in [0.1, 0.15) is 0 Å². The van der Waals surface area contributed by atoms with Crippen molar-refractivity contribution in [2.24, 2.45) is 0 Å². The first kappa shape index (κ1) is 12.5. The fourth-order valence-electron chi connectivity index (χ4n) is 1.30. The highest BCUT2D eigenvalue weighted by Crippen LogP contribution is 2.29. The SMILES string of the molecule is CC(C)(O)c1cc(Cl)cc(C(C)(C)O)c1. The second-order valence-corrected chi connectivity index (χ2v) is 5.28. The van der Waals surface area contributed by atoms with E-state index < -0.39 is 11.2 Å². The third-order valence-corrected chi connectivity index (χ3v) is 2.53. The van der Waals surface area contributed by atoms with Crippen LogP contribution in [-0.2, 0) is 11.2 Å². The van der Waals surface area contributed by atoms with Crippen LogP contribution in [0.3, 0.4) is 0 Å². The van der Waals surface area contributed by atoms with Gasteiger partial charge in [0, 0.05) is 5.02 Å². The number of hydrogen-bond acceptors (Lipinski definition) is 2. The molecule has 0 amide bonds. The van der Waals surface area contributed by atoms with Crippen LogP contribution in [0.2, 0.25) is 5.02 Å². The summed E-state index contributed by atoms with van der Waals surface area (Å²) in [5.74, 6) is 0. The summed E-state index contributed by atoms with van der Waals surface area (Å²) in [5, 5.41) is 20.2. The van der Waals surface area contributed by atoms with Crippen LogP contribution in [0.4, 0.5) is 0 Å². The Morgan fingerprint density at radius 1 is 0.867 bits per heavy atom. The Bertz CT molecular complexity index is 327. The molecule has 0 fully saturated rings. The molecule has 0 bridgehead atoms. The largest absolute Gasteiger partial charge is 0.386 e. The van der Waals surface area contributed by atoms with E-state index in [1.165, 1.54) is 0 Å². The van der Waals surface area contributed by atoms with Gasteiger partial charge in [0.15, 0.2) is 0 Å². The van der Waals surface area contributed by atoms with Crippen LogP contribution in [0.25, 0.3) is 0 Å². The van der Waals surface area contributed by atoms with Crippen molar-refractivity contribution in [3.8, 4) is 0 Å². The van der Waals surface area contributed by atoms with Crippen LogP contribution in [0.5, 0.6) is 0 Å². The third-order valence-electron chi connectivity index (χ3n) is 2.31. The van der Waals surface area contributed by atoms with Crippen LogP contribution < -0.4 is 0 Å². The van der Waals surface area contributed by atoms with E-state index in [0.29, 0.717) is 16.1 Å². The van der Waals surface area contributed by atoms with Gasteiger partial charge < -0.3 is 10.2 Å². The van der Waals surface area contributed by atoms with Gasteiger partial charge in [-0.25, -0.2) is 0 Å². The second kappa shape index (κ2) is 3.78. The van der Waals surface area contributed by atoms with E-state index in [1.807, 2.05) is 0 Å². The maximum absolute atomic E-state index is 9.86. The minimum Gasteiger partial charge on any atom is -0.386 e. The third kappa shape index (κ3) is 3.20. The van der Waals surface area contributed by atoms with Gasteiger partial charge in [-0.2, -0.15) is 0 Å². The van der Waals surface area contributed by atoms with E-state index in [9.17, 15) is 10.2 Å². The first-order valence-electron chi connectivity index (χ1n) is 4.87. The summed E-state index contributed by atoms with van der Waals surface area (Å²) in [5.41, 5.74) is -0.505. The standard InChI is InChI=1S/C12H17ClO2/c1-11(2,14)8-5-9(12(3,4)15)7-10(13)6-8/h5-7,14-15H,1-4H3. The normalized spacial score (nSPS) is 13.0. The summed E-state index contributed by atoms with van der Waals surface area (Å²) in [7, 11) is 0. The van der Waals surface area contributed by atoms with Gasteiger partial charge in [-0.3, -0.25) is 0 Å². The minimum absolute atomic E-state index is 0.520. The van der Waals surface area contributed by atoms with Crippen molar-refractivity contribution >= 4 is 11.6 Å². The number of hydrogen-bond donors (Lipinski definition) is 2. The highest BCUT2D eigenvalue weighted by Gasteiger charge is 2.22. The van der Waals surface area contributed by atoms with Crippen molar-refractivity contribution in [1.29, 1.82) is 0 Å². The van der Waals surface area contributed by atoms with Gasteiger partial charge in [0.05, 0.1) is 11.2 Å². The molecule has 0 aliphatic heterocycles. The van der Waals surface area contributed by atoms with Crippen LogP contribution >= 0.6 is 11.6 Å². The molecule has 0 aliphatic carbocycles. The Balaban J connectivity index is 3.30. The van der Waals surface area contributed by atoms with E-state index in [1.54, 1.807) is 45.9 Å². The van der Waals surface area contributed by atoms with Crippen molar-refractivity contribution in [3.05, 3.63) is 34.3 Å². The first-order chi connectivity index (χ1) is 6.60.